The van der Waals surface area contributed by atoms with Gasteiger partial charge in [-0.15, -0.1) is 21.5 Å². The molecule has 0 radical (unpaired) electrons. The van der Waals surface area contributed by atoms with Crippen LogP contribution >= 0.6 is 34.7 Å². The fraction of sp³-hybridized carbons (Fsp3) is 0.0952. The van der Waals surface area contributed by atoms with Gasteiger partial charge in [0, 0.05) is 9.90 Å². The Labute approximate surface area is 181 Å². The molecule has 2 aromatic heterocycles. The lowest BCUT2D eigenvalue weighted by Gasteiger charge is -2.18. The molecule has 1 atom stereocenters. The van der Waals surface area contributed by atoms with Crippen LogP contribution in [0.15, 0.2) is 83.6 Å². The first-order chi connectivity index (χ1) is 14.2. The molecule has 146 valence electrons. The van der Waals surface area contributed by atoms with Crippen LogP contribution in [0.3, 0.4) is 0 Å². The zero-order valence-electron chi connectivity index (χ0n) is 15.2. The van der Waals surface area contributed by atoms with Crippen molar-refractivity contribution in [3.63, 3.8) is 0 Å². The molecule has 0 saturated carbocycles. The van der Waals surface area contributed by atoms with E-state index in [4.69, 9.17) is 11.6 Å². The van der Waals surface area contributed by atoms with Gasteiger partial charge in [0.15, 0.2) is 5.16 Å². The molecule has 0 fully saturated rings. The van der Waals surface area contributed by atoms with Gasteiger partial charge in [-0.25, -0.2) is 0 Å². The van der Waals surface area contributed by atoms with E-state index in [1.165, 1.54) is 11.8 Å². The monoisotopic (exact) mass is 440 g/mol. The van der Waals surface area contributed by atoms with Gasteiger partial charge in [0.1, 0.15) is 6.33 Å². The third kappa shape index (κ3) is 4.87. The topological polar surface area (TPSA) is 59.8 Å². The minimum Gasteiger partial charge on any atom is -0.344 e. The number of hydrogen-bond acceptors (Lipinski definition) is 5. The number of halogens is 1. The normalized spacial score (nSPS) is 11.9. The molecule has 0 unspecified atom stereocenters. The van der Waals surface area contributed by atoms with Gasteiger partial charge >= 0.3 is 0 Å². The van der Waals surface area contributed by atoms with Crippen molar-refractivity contribution in [2.24, 2.45) is 0 Å². The Morgan fingerprint density at radius 2 is 2.00 bits per heavy atom. The van der Waals surface area contributed by atoms with Crippen molar-refractivity contribution in [1.82, 2.24) is 20.1 Å². The number of carbonyl (C=O) groups is 1. The fourth-order valence-corrected chi connectivity index (χ4v) is 4.61. The quantitative estimate of drug-likeness (QED) is 0.412. The summed E-state index contributed by atoms with van der Waals surface area (Å²) in [5.41, 5.74) is 1.90. The number of nitrogens with one attached hydrogen (secondary N) is 1. The van der Waals surface area contributed by atoms with Crippen molar-refractivity contribution >= 4 is 40.6 Å². The van der Waals surface area contributed by atoms with Gasteiger partial charge in [0.05, 0.1) is 17.5 Å². The van der Waals surface area contributed by atoms with E-state index in [0.29, 0.717) is 10.2 Å². The Bertz CT molecular complexity index is 1080. The Morgan fingerprint density at radius 3 is 2.76 bits per heavy atom. The largest absolute Gasteiger partial charge is 0.344 e. The van der Waals surface area contributed by atoms with Gasteiger partial charge in [-0.3, -0.25) is 9.36 Å². The summed E-state index contributed by atoms with van der Waals surface area (Å²) in [6.45, 7) is 0. The van der Waals surface area contributed by atoms with E-state index in [1.807, 2.05) is 76.7 Å². The SMILES string of the molecule is O=C(CSc1nncn1-c1cccc(Cl)c1)N[C@H](c1ccccc1)c1cccs1. The second kappa shape index (κ2) is 9.26. The molecule has 8 heteroatoms. The molecule has 2 aromatic carbocycles. The molecule has 0 aliphatic heterocycles. The van der Waals surface area contributed by atoms with Crippen molar-refractivity contribution in [3.05, 3.63) is 93.9 Å². The molecule has 4 rings (SSSR count). The lowest BCUT2D eigenvalue weighted by atomic mass is 10.1. The van der Waals surface area contributed by atoms with E-state index in [-0.39, 0.29) is 17.7 Å². The maximum Gasteiger partial charge on any atom is 0.231 e. The smallest absolute Gasteiger partial charge is 0.231 e. The molecular weight excluding hydrogens is 424 g/mol. The summed E-state index contributed by atoms with van der Waals surface area (Å²) in [6, 6.07) is 21.2. The third-order valence-electron chi connectivity index (χ3n) is 4.20. The molecule has 1 amide bonds. The first-order valence-electron chi connectivity index (χ1n) is 8.87. The summed E-state index contributed by atoms with van der Waals surface area (Å²) >= 11 is 9.04. The molecule has 0 spiro atoms. The number of hydrogen-bond donors (Lipinski definition) is 1. The van der Waals surface area contributed by atoms with Crippen LogP contribution in [-0.4, -0.2) is 26.4 Å². The van der Waals surface area contributed by atoms with Crippen molar-refractivity contribution in [2.45, 2.75) is 11.2 Å². The van der Waals surface area contributed by atoms with E-state index < -0.39 is 0 Å². The minimum atomic E-state index is -0.171. The molecule has 2 heterocycles. The van der Waals surface area contributed by atoms with E-state index in [0.717, 1.165) is 16.1 Å². The summed E-state index contributed by atoms with van der Waals surface area (Å²) in [7, 11) is 0. The molecule has 4 aromatic rings. The molecule has 5 nitrogen and oxygen atoms in total. The van der Waals surface area contributed by atoms with Crippen LogP contribution in [0.5, 0.6) is 0 Å². The highest BCUT2D eigenvalue weighted by Crippen LogP contribution is 2.27. The third-order valence-corrected chi connectivity index (χ3v) is 6.32. The van der Waals surface area contributed by atoms with Crippen molar-refractivity contribution < 1.29 is 4.79 Å². The van der Waals surface area contributed by atoms with Crippen LogP contribution < -0.4 is 5.32 Å². The zero-order chi connectivity index (χ0) is 20.1. The van der Waals surface area contributed by atoms with Crippen LogP contribution in [0.25, 0.3) is 5.69 Å². The summed E-state index contributed by atoms with van der Waals surface area (Å²) < 4.78 is 1.82. The Morgan fingerprint density at radius 1 is 1.14 bits per heavy atom. The number of benzene rings is 2. The zero-order valence-corrected chi connectivity index (χ0v) is 17.6. The van der Waals surface area contributed by atoms with Gasteiger partial charge in [0.2, 0.25) is 5.91 Å². The number of rotatable bonds is 7. The second-order valence-corrected chi connectivity index (χ2v) is 8.54. The van der Waals surface area contributed by atoms with Crippen LogP contribution in [-0.2, 0) is 4.79 Å². The Kier molecular flexibility index (Phi) is 6.29. The summed E-state index contributed by atoms with van der Waals surface area (Å²) in [4.78, 5) is 13.8. The van der Waals surface area contributed by atoms with E-state index in [1.54, 1.807) is 17.7 Å². The maximum absolute atomic E-state index is 12.7. The highest BCUT2D eigenvalue weighted by Gasteiger charge is 2.18. The molecule has 0 bridgehead atoms. The lowest BCUT2D eigenvalue weighted by Crippen LogP contribution is -2.30. The number of thiophene rings is 1. The number of carbonyl (C=O) groups excluding carboxylic acids is 1. The standard InChI is InChI=1S/C21H17ClN4OS2/c22-16-8-4-9-17(12-16)26-14-23-25-21(26)29-13-19(27)24-20(18-10-5-11-28-18)15-6-2-1-3-7-15/h1-12,14,20H,13H2,(H,24,27)/t20-/m1/s1. The van der Waals surface area contributed by atoms with E-state index in [9.17, 15) is 4.79 Å². The highest BCUT2D eigenvalue weighted by atomic mass is 35.5. The van der Waals surface area contributed by atoms with Crippen LogP contribution in [0.1, 0.15) is 16.5 Å². The highest BCUT2D eigenvalue weighted by molar-refractivity contribution is 7.99. The van der Waals surface area contributed by atoms with E-state index in [2.05, 4.69) is 15.5 Å². The molecule has 0 aliphatic rings. The van der Waals surface area contributed by atoms with Gasteiger partial charge in [-0.05, 0) is 35.2 Å². The number of nitrogens with zero attached hydrogens (tertiary/aromatic N) is 3. The minimum absolute atomic E-state index is 0.0714. The van der Waals surface area contributed by atoms with Gasteiger partial charge in [-0.2, -0.15) is 0 Å². The molecule has 0 saturated heterocycles. The average molecular weight is 441 g/mol. The molecule has 1 N–H and O–H groups in total. The van der Waals surface area contributed by atoms with Crippen LogP contribution in [0.4, 0.5) is 0 Å². The van der Waals surface area contributed by atoms with Gasteiger partial charge in [-0.1, -0.05) is 65.8 Å². The Balaban J connectivity index is 1.46. The van der Waals surface area contributed by atoms with Crippen LogP contribution in [0, 0.1) is 0 Å². The summed E-state index contributed by atoms with van der Waals surface area (Å²) in [5, 5.41) is 14.5. The molecule has 29 heavy (non-hydrogen) atoms. The van der Waals surface area contributed by atoms with Gasteiger partial charge < -0.3 is 5.32 Å². The number of aromatic nitrogens is 3. The first-order valence-corrected chi connectivity index (χ1v) is 11.1. The first kappa shape index (κ1) is 19.7. The van der Waals surface area contributed by atoms with Crippen molar-refractivity contribution in [1.29, 1.82) is 0 Å². The summed E-state index contributed by atoms with van der Waals surface area (Å²) in [5.74, 6) is 0.159. The summed E-state index contributed by atoms with van der Waals surface area (Å²) in [6.07, 6.45) is 1.62. The lowest BCUT2D eigenvalue weighted by molar-refractivity contribution is -0.119. The van der Waals surface area contributed by atoms with Crippen molar-refractivity contribution in [3.8, 4) is 5.69 Å². The van der Waals surface area contributed by atoms with Crippen molar-refractivity contribution in [2.75, 3.05) is 5.75 Å². The predicted molar refractivity (Wildman–Crippen MR) is 118 cm³/mol. The maximum atomic E-state index is 12.7. The van der Waals surface area contributed by atoms with Gasteiger partial charge in [0.25, 0.3) is 0 Å². The molecule has 0 aliphatic carbocycles. The van der Waals surface area contributed by atoms with Crippen LogP contribution in [0.2, 0.25) is 5.02 Å². The Hall–Kier alpha value is -2.61. The predicted octanol–water partition coefficient (Wildman–Crippen LogP) is 4.98. The van der Waals surface area contributed by atoms with E-state index >= 15 is 0 Å². The fourth-order valence-electron chi connectivity index (χ4n) is 2.88. The molecular formula is C21H17ClN4OS2. The second-order valence-electron chi connectivity index (χ2n) is 6.18. The number of amides is 1. The number of thioether (sulfide) groups is 1. The average Bonchev–Trinajstić information content (AvgIpc) is 3.43.